The molecule has 0 aromatic heterocycles. The van der Waals surface area contributed by atoms with E-state index in [9.17, 15) is 23.1 Å². The smallest absolute Gasteiger partial charge is 0.321 e. The van der Waals surface area contributed by atoms with Crippen molar-refractivity contribution in [3.05, 3.63) is 39.8 Å². The largest absolute Gasteiger partial charge is 0.506 e. The number of aromatic hydroxyl groups is 1. The Hall–Kier alpha value is -2.34. The van der Waals surface area contributed by atoms with E-state index >= 15 is 0 Å². The van der Waals surface area contributed by atoms with Gasteiger partial charge in [-0.3, -0.25) is 4.79 Å². The van der Waals surface area contributed by atoms with Gasteiger partial charge < -0.3 is 21.3 Å². The van der Waals surface area contributed by atoms with Crippen molar-refractivity contribution in [2.24, 2.45) is 5.73 Å². The van der Waals surface area contributed by atoms with Gasteiger partial charge in [0.1, 0.15) is 16.7 Å². The summed E-state index contributed by atoms with van der Waals surface area (Å²) < 4.78 is 27.4. The molecule has 0 saturated carbocycles. The molecule has 2 aromatic rings. The van der Waals surface area contributed by atoms with Crippen molar-refractivity contribution in [1.82, 2.24) is 4.72 Å². The van der Waals surface area contributed by atoms with Gasteiger partial charge in [0.15, 0.2) is 0 Å². The maximum absolute atomic E-state index is 12.6. The van der Waals surface area contributed by atoms with E-state index in [1.54, 1.807) is 18.2 Å². The number of carboxylic acid groups (broad SMARTS) is 1. The second-order valence-electron chi connectivity index (χ2n) is 5.61. The summed E-state index contributed by atoms with van der Waals surface area (Å²) in [5.41, 5.74) is 5.82. The summed E-state index contributed by atoms with van der Waals surface area (Å²) in [7, 11) is -4.46. The number of phenols is 1. The molecule has 6 N–H and O–H groups in total. The Bertz CT molecular complexity index is 1060. The number of nitrogens with one attached hydrogen (secondary N) is 2. The highest BCUT2D eigenvalue weighted by Crippen LogP contribution is 2.43. The first-order valence-electron chi connectivity index (χ1n) is 7.57. The molecule has 0 bridgehead atoms. The number of hydrogen-bond donors (Lipinski definition) is 5. The second-order valence-corrected chi connectivity index (χ2v) is 8.46. The third kappa shape index (κ3) is 4.55. The monoisotopic (exact) mass is 491 g/mol. The molecule has 28 heavy (non-hydrogen) atoms. The van der Waals surface area contributed by atoms with Crippen LogP contribution in [0.2, 0.25) is 5.02 Å². The minimum atomic E-state index is -4.46. The van der Waals surface area contributed by atoms with Crippen LogP contribution in [0.1, 0.15) is 6.92 Å². The first kappa shape index (κ1) is 22.0. The van der Waals surface area contributed by atoms with Crippen LogP contribution in [0, 0.1) is 0 Å². The molecule has 0 radical (unpaired) electrons. The number of carboxylic acids is 1. The summed E-state index contributed by atoms with van der Waals surface area (Å²) in [5, 5.41) is 21.6. The Balaban J connectivity index is 2.64. The fraction of sp³-hybridized carbons (Fsp3) is 0.125. The van der Waals surface area contributed by atoms with Crippen LogP contribution in [-0.2, 0) is 14.8 Å². The fourth-order valence-electron chi connectivity index (χ4n) is 2.33. The number of anilines is 1. The minimum absolute atomic E-state index is 0.0766. The molecule has 0 aliphatic heterocycles. The topological polar surface area (TPSA) is 159 Å². The van der Waals surface area contributed by atoms with E-state index in [0.717, 1.165) is 6.92 Å². The predicted octanol–water partition coefficient (Wildman–Crippen LogP) is 2.72. The molecule has 2 amide bonds. The Kier molecular flexibility index (Phi) is 6.55. The van der Waals surface area contributed by atoms with Crippen LogP contribution in [0.25, 0.3) is 11.1 Å². The van der Waals surface area contributed by atoms with Crippen LogP contribution in [0.5, 0.6) is 5.75 Å². The van der Waals surface area contributed by atoms with Crippen LogP contribution in [0.4, 0.5) is 10.5 Å². The standard InChI is InChI=1S/C16H15BrClN3O6S/c1-7(15(23)24)21-28(26,27)14-10(18)6-5-9(13(14)22)8-3-2-4-11(12(8)17)20-16(19)25/h2-7,21-22H,1H3,(H,23,24)(H3,19,20,25). The Morgan fingerprint density at radius 3 is 2.43 bits per heavy atom. The van der Waals surface area contributed by atoms with Crippen LogP contribution in [-0.4, -0.2) is 36.7 Å². The molecule has 2 rings (SSSR count). The Labute approximate surface area is 173 Å². The first-order chi connectivity index (χ1) is 13.0. The summed E-state index contributed by atoms with van der Waals surface area (Å²) in [5.74, 6) is -2.09. The highest BCUT2D eigenvalue weighted by molar-refractivity contribution is 9.10. The molecule has 0 heterocycles. The SMILES string of the molecule is CC(NS(=O)(=O)c1c(Cl)ccc(-c2cccc(NC(N)=O)c2Br)c1O)C(=O)O. The quantitative estimate of drug-likeness (QED) is 0.417. The molecule has 1 unspecified atom stereocenters. The number of amides is 2. The Morgan fingerprint density at radius 2 is 1.86 bits per heavy atom. The van der Waals surface area contributed by atoms with Gasteiger partial charge in [0.05, 0.1) is 10.7 Å². The highest BCUT2D eigenvalue weighted by Gasteiger charge is 2.29. The van der Waals surface area contributed by atoms with Gasteiger partial charge in [-0.2, -0.15) is 4.72 Å². The normalized spacial score (nSPS) is 12.4. The van der Waals surface area contributed by atoms with E-state index in [4.69, 9.17) is 22.4 Å². The molecular weight excluding hydrogens is 478 g/mol. The van der Waals surface area contributed by atoms with E-state index in [0.29, 0.717) is 15.7 Å². The summed E-state index contributed by atoms with van der Waals surface area (Å²) in [6.07, 6.45) is 0. The van der Waals surface area contributed by atoms with Crippen LogP contribution in [0.15, 0.2) is 39.7 Å². The van der Waals surface area contributed by atoms with E-state index in [2.05, 4.69) is 21.2 Å². The van der Waals surface area contributed by atoms with Crippen molar-refractivity contribution in [2.75, 3.05) is 5.32 Å². The highest BCUT2D eigenvalue weighted by atomic mass is 79.9. The van der Waals surface area contributed by atoms with Crippen molar-refractivity contribution in [1.29, 1.82) is 0 Å². The third-order valence-electron chi connectivity index (χ3n) is 3.60. The lowest BCUT2D eigenvalue weighted by atomic mass is 10.0. The average Bonchev–Trinajstić information content (AvgIpc) is 2.56. The Morgan fingerprint density at radius 1 is 1.21 bits per heavy atom. The maximum Gasteiger partial charge on any atom is 0.321 e. The summed E-state index contributed by atoms with van der Waals surface area (Å²) in [6, 6.07) is 5.02. The number of benzene rings is 2. The molecule has 0 spiro atoms. The van der Waals surface area contributed by atoms with Crippen LogP contribution in [0.3, 0.4) is 0 Å². The number of carbonyl (C=O) groups excluding carboxylic acids is 1. The average molecular weight is 493 g/mol. The maximum atomic E-state index is 12.6. The van der Waals surface area contributed by atoms with Gasteiger partial charge >= 0.3 is 12.0 Å². The second kappa shape index (κ2) is 8.35. The lowest BCUT2D eigenvalue weighted by Gasteiger charge is -2.16. The molecule has 1 atom stereocenters. The fourth-order valence-corrected chi connectivity index (χ4v) is 4.74. The predicted molar refractivity (Wildman–Crippen MR) is 107 cm³/mol. The van der Waals surface area contributed by atoms with Crippen molar-refractivity contribution in [3.63, 3.8) is 0 Å². The molecule has 2 aromatic carbocycles. The molecule has 0 fully saturated rings. The van der Waals surface area contributed by atoms with Gasteiger partial charge in [-0.15, -0.1) is 0 Å². The molecule has 150 valence electrons. The van der Waals surface area contributed by atoms with Crippen molar-refractivity contribution in [3.8, 4) is 16.9 Å². The molecule has 9 nitrogen and oxygen atoms in total. The summed E-state index contributed by atoms with van der Waals surface area (Å²) in [6.45, 7) is 1.13. The van der Waals surface area contributed by atoms with E-state index in [-0.39, 0.29) is 10.6 Å². The number of halogens is 2. The van der Waals surface area contributed by atoms with Gasteiger partial charge in [-0.05, 0) is 41.1 Å². The number of rotatable bonds is 6. The molecular formula is C16H15BrClN3O6S. The van der Waals surface area contributed by atoms with Gasteiger partial charge in [0.2, 0.25) is 10.0 Å². The number of hydrogen-bond acceptors (Lipinski definition) is 5. The van der Waals surface area contributed by atoms with Gasteiger partial charge in [-0.25, -0.2) is 13.2 Å². The minimum Gasteiger partial charge on any atom is -0.506 e. The lowest BCUT2D eigenvalue weighted by molar-refractivity contribution is -0.138. The third-order valence-corrected chi connectivity index (χ3v) is 6.50. The number of primary amides is 1. The number of nitrogens with two attached hydrogens (primary N) is 1. The van der Waals surface area contributed by atoms with Crippen molar-refractivity contribution in [2.45, 2.75) is 17.9 Å². The summed E-state index contributed by atoms with van der Waals surface area (Å²) >= 11 is 9.24. The zero-order valence-corrected chi connectivity index (χ0v) is 17.4. The summed E-state index contributed by atoms with van der Waals surface area (Å²) in [4.78, 5) is 21.4. The molecule has 0 aliphatic rings. The lowest BCUT2D eigenvalue weighted by Crippen LogP contribution is -2.38. The number of phenolic OH excluding ortho intramolecular Hbond substituents is 1. The first-order valence-corrected chi connectivity index (χ1v) is 10.2. The number of sulfonamides is 1. The number of urea groups is 1. The van der Waals surface area contributed by atoms with Crippen LogP contribution >= 0.6 is 27.5 Å². The molecule has 12 heteroatoms. The van der Waals surface area contributed by atoms with Crippen molar-refractivity contribution < 1.29 is 28.2 Å². The van der Waals surface area contributed by atoms with Gasteiger partial charge in [0.25, 0.3) is 0 Å². The van der Waals surface area contributed by atoms with Crippen molar-refractivity contribution >= 4 is 55.2 Å². The molecule has 0 aliphatic carbocycles. The van der Waals surface area contributed by atoms with E-state index in [1.807, 2.05) is 4.72 Å². The zero-order chi connectivity index (χ0) is 21.2. The number of aliphatic carboxylic acids is 1. The van der Waals surface area contributed by atoms with Gasteiger partial charge in [-0.1, -0.05) is 23.7 Å². The van der Waals surface area contributed by atoms with E-state index in [1.165, 1.54) is 12.1 Å². The molecule has 0 saturated heterocycles. The number of carbonyl (C=O) groups is 2. The van der Waals surface area contributed by atoms with E-state index < -0.39 is 38.7 Å². The van der Waals surface area contributed by atoms with Gasteiger partial charge in [0, 0.05) is 15.6 Å². The van der Waals surface area contributed by atoms with Crippen LogP contribution < -0.4 is 15.8 Å². The zero-order valence-electron chi connectivity index (χ0n) is 14.2.